The summed E-state index contributed by atoms with van der Waals surface area (Å²) in [6, 6.07) is 17.9. The Bertz CT molecular complexity index is 1320. The first-order valence-electron chi connectivity index (χ1n) is 10.9. The molecule has 31 heavy (non-hydrogen) atoms. The summed E-state index contributed by atoms with van der Waals surface area (Å²) in [7, 11) is 0. The molecule has 1 aliphatic rings. The maximum atomic E-state index is 6.54. The highest BCUT2D eigenvalue weighted by Crippen LogP contribution is 2.58. The third kappa shape index (κ3) is 3.23. The van der Waals surface area contributed by atoms with E-state index in [1.165, 1.54) is 43.6 Å². The molecule has 2 nitrogen and oxygen atoms in total. The predicted molar refractivity (Wildman–Crippen MR) is 134 cm³/mol. The minimum Gasteiger partial charge on any atom is -0.451 e. The van der Waals surface area contributed by atoms with Crippen LogP contribution in [-0.2, 0) is 5.41 Å². The normalized spacial score (nSPS) is 13.2. The fourth-order valence-electron chi connectivity index (χ4n) is 4.49. The fourth-order valence-corrected chi connectivity index (χ4v) is 5.62. The molecule has 4 aromatic rings. The number of ether oxygens (including phenoxy) is 1. The molecule has 0 saturated carbocycles. The van der Waals surface area contributed by atoms with Crippen molar-refractivity contribution in [1.82, 2.24) is 0 Å². The van der Waals surface area contributed by atoms with Crippen LogP contribution in [0, 0.1) is 27.7 Å². The van der Waals surface area contributed by atoms with Gasteiger partial charge in [0.05, 0.1) is 11.4 Å². The van der Waals surface area contributed by atoms with E-state index in [9.17, 15) is 0 Å². The van der Waals surface area contributed by atoms with Crippen LogP contribution < -0.4 is 9.64 Å². The van der Waals surface area contributed by atoms with Gasteiger partial charge in [0.15, 0.2) is 11.5 Å². The van der Waals surface area contributed by atoms with Gasteiger partial charge in [-0.3, -0.25) is 4.90 Å². The first-order valence-corrected chi connectivity index (χ1v) is 11.7. The van der Waals surface area contributed by atoms with Crippen molar-refractivity contribution in [3.8, 4) is 11.5 Å². The van der Waals surface area contributed by atoms with Gasteiger partial charge in [-0.2, -0.15) is 0 Å². The lowest BCUT2D eigenvalue weighted by Crippen LogP contribution is -2.18. The second kappa shape index (κ2) is 6.86. The molecular formula is C28H29NOS. The Morgan fingerprint density at radius 2 is 1.45 bits per heavy atom. The monoisotopic (exact) mass is 427 g/mol. The van der Waals surface area contributed by atoms with Gasteiger partial charge in [-0.05, 0) is 79.6 Å². The Morgan fingerprint density at radius 1 is 0.806 bits per heavy atom. The molecule has 0 aliphatic carbocycles. The minimum absolute atomic E-state index is 0.119. The molecule has 2 heterocycles. The van der Waals surface area contributed by atoms with Gasteiger partial charge >= 0.3 is 0 Å². The number of fused-ring (bicyclic) bond motifs is 4. The molecular weight excluding hydrogens is 398 g/mol. The SMILES string of the molecule is Cc1ccc2c(c1)Oc1c(sc3ccc(C)cc13)N2c1c(C)cc(C(C)(C)C)cc1C. The van der Waals surface area contributed by atoms with Gasteiger partial charge in [0.2, 0.25) is 0 Å². The molecule has 0 atom stereocenters. The third-order valence-corrected chi connectivity index (χ3v) is 7.27. The molecule has 0 saturated heterocycles. The van der Waals surface area contributed by atoms with E-state index >= 15 is 0 Å². The highest BCUT2D eigenvalue weighted by atomic mass is 32.1. The van der Waals surface area contributed by atoms with Crippen LogP contribution in [0.25, 0.3) is 10.1 Å². The van der Waals surface area contributed by atoms with Crippen molar-refractivity contribution in [3.05, 3.63) is 76.3 Å². The van der Waals surface area contributed by atoms with E-state index in [1.807, 2.05) is 11.3 Å². The zero-order valence-electron chi connectivity index (χ0n) is 19.4. The summed E-state index contributed by atoms with van der Waals surface area (Å²) in [5, 5.41) is 2.35. The van der Waals surface area contributed by atoms with Crippen molar-refractivity contribution in [2.75, 3.05) is 4.90 Å². The Hall–Kier alpha value is -2.78. The quantitative estimate of drug-likeness (QED) is 0.264. The largest absolute Gasteiger partial charge is 0.451 e. The molecule has 0 fully saturated rings. The standard InChI is InChI=1S/C28H29NOS/c1-16-9-11-24-21(12-16)26-27(31-24)29(22-10-8-17(2)13-23(22)30-26)25-18(3)14-20(15-19(25)4)28(5,6)7/h8-15H,1-7H3. The third-order valence-electron chi connectivity index (χ3n) is 6.13. The Labute approximate surface area is 189 Å². The minimum atomic E-state index is 0.119. The summed E-state index contributed by atoms with van der Waals surface area (Å²) >= 11 is 1.81. The lowest BCUT2D eigenvalue weighted by Gasteiger charge is -2.34. The number of nitrogens with zero attached hydrogens (tertiary/aromatic N) is 1. The molecule has 0 radical (unpaired) electrons. The fraction of sp³-hybridized carbons (Fsp3) is 0.286. The van der Waals surface area contributed by atoms with Gasteiger partial charge < -0.3 is 4.74 Å². The topological polar surface area (TPSA) is 12.5 Å². The molecule has 3 heteroatoms. The van der Waals surface area contributed by atoms with E-state index < -0.39 is 0 Å². The van der Waals surface area contributed by atoms with Gasteiger partial charge in [-0.25, -0.2) is 0 Å². The number of benzene rings is 3. The lowest BCUT2D eigenvalue weighted by molar-refractivity contribution is 0.484. The average Bonchev–Trinajstić information content (AvgIpc) is 3.03. The first-order chi connectivity index (χ1) is 14.6. The first kappa shape index (κ1) is 20.1. The molecule has 5 rings (SSSR count). The number of hydrogen-bond acceptors (Lipinski definition) is 3. The van der Waals surface area contributed by atoms with Crippen LogP contribution in [0.1, 0.15) is 48.6 Å². The Balaban J connectivity index is 1.81. The van der Waals surface area contributed by atoms with Crippen LogP contribution in [-0.4, -0.2) is 0 Å². The van der Waals surface area contributed by atoms with Crippen LogP contribution in [0.2, 0.25) is 0 Å². The Kier molecular flexibility index (Phi) is 4.46. The maximum absolute atomic E-state index is 6.54. The summed E-state index contributed by atoms with van der Waals surface area (Å²) in [5.41, 5.74) is 8.89. The van der Waals surface area contributed by atoms with Gasteiger partial charge in [0.25, 0.3) is 0 Å². The van der Waals surface area contributed by atoms with E-state index in [0.29, 0.717) is 0 Å². The van der Waals surface area contributed by atoms with Crippen molar-refractivity contribution < 1.29 is 4.74 Å². The van der Waals surface area contributed by atoms with Crippen LogP contribution in [0.3, 0.4) is 0 Å². The molecule has 0 amide bonds. The molecule has 0 spiro atoms. The van der Waals surface area contributed by atoms with Crippen LogP contribution in [0.15, 0.2) is 48.5 Å². The van der Waals surface area contributed by atoms with Crippen molar-refractivity contribution in [3.63, 3.8) is 0 Å². The van der Waals surface area contributed by atoms with E-state index in [-0.39, 0.29) is 5.41 Å². The molecule has 3 aromatic carbocycles. The van der Waals surface area contributed by atoms with Gasteiger partial charge in [-0.1, -0.05) is 50.6 Å². The number of thiophene rings is 1. The maximum Gasteiger partial charge on any atom is 0.170 e. The molecule has 0 unspecified atom stereocenters. The zero-order chi connectivity index (χ0) is 22.1. The summed E-state index contributed by atoms with van der Waals surface area (Å²) in [5.74, 6) is 1.90. The van der Waals surface area contributed by atoms with Crippen LogP contribution >= 0.6 is 11.3 Å². The second-order valence-corrected chi connectivity index (χ2v) is 10.9. The molecule has 0 bridgehead atoms. The van der Waals surface area contributed by atoms with Crippen molar-refractivity contribution >= 4 is 37.8 Å². The average molecular weight is 428 g/mol. The summed E-state index contributed by atoms with van der Waals surface area (Å²) in [4.78, 5) is 2.42. The zero-order valence-corrected chi connectivity index (χ0v) is 20.2. The summed E-state index contributed by atoms with van der Waals surface area (Å²) < 4.78 is 7.80. The van der Waals surface area contributed by atoms with Gasteiger partial charge in [0, 0.05) is 10.1 Å². The van der Waals surface area contributed by atoms with E-state index in [4.69, 9.17) is 4.74 Å². The number of hydrogen-bond donors (Lipinski definition) is 0. The highest BCUT2D eigenvalue weighted by Gasteiger charge is 2.32. The molecule has 0 N–H and O–H groups in total. The molecule has 1 aromatic heterocycles. The van der Waals surface area contributed by atoms with Crippen molar-refractivity contribution in [2.45, 2.75) is 53.9 Å². The smallest absolute Gasteiger partial charge is 0.170 e. The van der Waals surface area contributed by atoms with Gasteiger partial charge in [-0.15, -0.1) is 11.3 Å². The van der Waals surface area contributed by atoms with Gasteiger partial charge in [0.1, 0.15) is 5.00 Å². The van der Waals surface area contributed by atoms with Crippen molar-refractivity contribution in [2.24, 2.45) is 0 Å². The second-order valence-electron chi connectivity index (χ2n) is 9.85. The number of rotatable bonds is 1. The summed E-state index contributed by atoms with van der Waals surface area (Å²) in [6.07, 6.45) is 0. The van der Waals surface area contributed by atoms with E-state index in [1.54, 1.807) is 0 Å². The Morgan fingerprint density at radius 3 is 2.13 bits per heavy atom. The van der Waals surface area contributed by atoms with E-state index in [2.05, 4.69) is 102 Å². The predicted octanol–water partition coefficient (Wildman–Crippen LogP) is 9.01. The molecule has 1 aliphatic heterocycles. The highest BCUT2D eigenvalue weighted by molar-refractivity contribution is 7.23. The van der Waals surface area contributed by atoms with Crippen LogP contribution in [0.5, 0.6) is 11.5 Å². The number of aryl methyl sites for hydroxylation is 4. The lowest BCUT2D eigenvalue weighted by atomic mass is 9.84. The number of anilines is 3. The van der Waals surface area contributed by atoms with Crippen molar-refractivity contribution in [1.29, 1.82) is 0 Å². The van der Waals surface area contributed by atoms with Crippen LogP contribution in [0.4, 0.5) is 16.4 Å². The van der Waals surface area contributed by atoms with E-state index in [0.717, 1.165) is 22.2 Å². The molecule has 158 valence electrons. The summed E-state index contributed by atoms with van der Waals surface area (Å²) in [6.45, 7) is 15.6.